The molecule has 2 saturated heterocycles. The number of aryl methyl sites for hydroxylation is 1. The van der Waals surface area contributed by atoms with E-state index in [9.17, 15) is 4.79 Å². The second-order valence-corrected chi connectivity index (χ2v) is 7.34. The summed E-state index contributed by atoms with van der Waals surface area (Å²) in [5.74, 6) is 0.314. The molecule has 2 aliphatic heterocycles. The van der Waals surface area contributed by atoms with Crippen LogP contribution in [0.5, 0.6) is 0 Å². The van der Waals surface area contributed by atoms with Crippen molar-refractivity contribution < 1.29 is 9.53 Å². The van der Waals surface area contributed by atoms with E-state index in [1.165, 1.54) is 18.5 Å². The predicted octanol–water partition coefficient (Wildman–Crippen LogP) is 2.64. The normalized spacial score (nSPS) is 24.7. The SMILES string of the molecule is COCCCN1CC2(CCCN(c3ccnc(C)c3)C2)CCC1=O. The molecule has 0 N–H and O–H groups in total. The van der Waals surface area contributed by atoms with Gasteiger partial charge in [-0.05, 0) is 44.7 Å². The van der Waals surface area contributed by atoms with Gasteiger partial charge in [0.05, 0.1) is 0 Å². The zero-order valence-electron chi connectivity index (χ0n) is 15.0. The molecular formula is C19H29N3O2. The largest absolute Gasteiger partial charge is 0.385 e. The summed E-state index contributed by atoms with van der Waals surface area (Å²) in [6, 6.07) is 4.28. The van der Waals surface area contributed by atoms with Crippen LogP contribution in [0, 0.1) is 12.3 Å². The lowest BCUT2D eigenvalue weighted by Crippen LogP contribution is -2.54. The summed E-state index contributed by atoms with van der Waals surface area (Å²) >= 11 is 0. The quantitative estimate of drug-likeness (QED) is 0.778. The van der Waals surface area contributed by atoms with Crippen LogP contribution in [0.2, 0.25) is 0 Å². The third-order valence-corrected chi connectivity index (χ3v) is 5.43. The lowest BCUT2D eigenvalue weighted by atomic mass is 9.73. The molecule has 2 aliphatic rings. The van der Waals surface area contributed by atoms with Crippen LogP contribution in [-0.4, -0.2) is 55.7 Å². The Morgan fingerprint density at radius 3 is 3.00 bits per heavy atom. The van der Waals surface area contributed by atoms with E-state index in [-0.39, 0.29) is 5.41 Å². The Morgan fingerprint density at radius 1 is 1.33 bits per heavy atom. The van der Waals surface area contributed by atoms with Crippen molar-refractivity contribution in [3.05, 3.63) is 24.0 Å². The van der Waals surface area contributed by atoms with Gasteiger partial charge in [0.1, 0.15) is 0 Å². The van der Waals surface area contributed by atoms with E-state index < -0.39 is 0 Å². The number of amides is 1. The van der Waals surface area contributed by atoms with Crippen LogP contribution in [0.1, 0.15) is 37.8 Å². The number of carbonyl (C=O) groups is 1. The predicted molar refractivity (Wildman–Crippen MR) is 95.2 cm³/mol. The lowest BCUT2D eigenvalue weighted by molar-refractivity contribution is -0.138. The first-order valence-corrected chi connectivity index (χ1v) is 9.06. The standard InChI is InChI=1S/C19H29N3O2/c1-16-13-17(6-9-20-16)21-10-3-7-19(14-21)8-5-18(23)22(15-19)11-4-12-24-2/h6,9,13H,3-5,7-8,10-12,14-15H2,1-2H3. The van der Waals surface area contributed by atoms with Gasteiger partial charge in [0, 0.05) is 69.3 Å². The second-order valence-electron chi connectivity index (χ2n) is 7.34. The smallest absolute Gasteiger partial charge is 0.222 e. The fourth-order valence-corrected chi connectivity index (χ4v) is 4.19. The van der Waals surface area contributed by atoms with Crippen molar-refractivity contribution in [2.24, 2.45) is 5.41 Å². The molecule has 24 heavy (non-hydrogen) atoms. The van der Waals surface area contributed by atoms with Crippen LogP contribution in [0.3, 0.4) is 0 Å². The van der Waals surface area contributed by atoms with E-state index in [1.54, 1.807) is 7.11 Å². The zero-order valence-corrected chi connectivity index (χ0v) is 15.0. The van der Waals surface area contributed by atoms with Crippen LogP contribution in [0.25, 0.3) is 0 Å². The van der Waals surface area contributed by atoms with Gasteiger partial charge in [-0.1, -0.05) is 0 Å². The summed E-state index contributed by atoms with van der Waals surface area (Å²) in [6.45, 7) is 6.63. The highest BCUT2D eigenvalue weighted by molar-refractivity contribution is 5.77. The summed E-state index contributed by atoms with van der Waals surface area (Å²) in [4.78, 5) is 21.1. The van der Waals surface area contributed by atoms with E-state index in [0.29, 0.717) is 12.3 Å². The van der Waals surface area contributed by atoms with Crippen molar-refractivity contribution in [1.29, 1.82) is 0 Å². The molecule has 1 atom stereocenters. The van der Waals surface area contributed by atoms with Crippen molar-refractivity contribution in [3.8, 4) is 0 Å². The minimum Gasteiger partial charge on any atom is -0.385 e. The summed E-state index contributed by atoms with van der Waals surface area (Å²) in [5.41, 5.74) is 2.58. The Labute approximate surface area is 145 Å². The van der Waals surface area contributed by atoms with Gasteiger partial charge >= 0.3 is 0 Å². The molecule has 0 radical (unpaired) electrons. The highest BCUT2D eigenvalue weighted by atomic mass is 16.5. The third kappa shape index (κ3) is 3.89. The number of methoxy groups -OCH3 is 1. The Morgan fingerprint density at radius 2 is 2.21 bits per heavy atom. The molecule has 5 heteroatoms. The van der Waals surface area contributed by atoms with Gasteiger partial charge in [-0.2, -0.15) is 0 Å². The summed E-state index contributed by atoms with van der Waals surface area (Å²) in [7, 11) is 1.72. The number of carbonyl (C=O) groups excluding carboxylic acids is 1. The number of ether oxygens (including phenoxy) is 1. The fourth-order valence-electron chi connectivity index (χ4n) is 4.19. The molecule has 1 aromatic rings. The molecule has 5 nitrogen and oxygen atoms in total. The molecule has 3 heterocycles. The topological polar surface area (TPSA) is 45.7 Å². The highest BCUT2D eigenvalue weighted by Gasteiger charge is 2.41. The molecular weight excluding hydrogens is 302 g/mol. The molecule has 132 valence electrons. The van der Waals surface area contributed by atoms with Crippen LogP contribution < -0.4 is 4.90 Å². The Hall–Kier alpha value is -1.62. The Balaban J connectivity index is 1.69. The van der Waals surface area contributed by atoms with E-state index in [1.807, 2.05) is 13.1 Å². The van der Waals surface area contributed by atoms with Crippen LogP contribution in [0.15, 0.2) is 18.3 Å². The monoisotopic (exact) mass is 331 g/mol. The number of aromatic nitrogens is 1. The first kappa shape index (κ1) is 17.2. The van der Waals surface area contributed by atoms with Crippen molar-refractivity contribution in [2.75, 3.05) is 44.8 Å². The molecule has 0 bridgehead atoms. The molecule has 0 saturated carbocycles. The molecule has 0 aliphatic carbocycles. The van der Waals surface area contributed by atoms with Gasteiger partial charge in [0.2, 0.25) is 5.91 Å². The molecule has 1 unspecified atom stereocenters. The maximum absolute atomic E-state index is 12.3. The highest BCUT2D eigenvalue weighted by Crippen LogP contribution is 2.40. The van der Waals surface area contributed by atoms with Crippen molar-refractivity contribution in [2.45, 2.75) is 39.0 Å². The zero-order chi connectivity index (χ0) is 17.0. The second kappa shape index (κ2) is 7.51. The number of hydrogen-bond acceptors (Lipinski definition) is 4. The number of hydrogen-bond donors (Lipinski definition) is 0. The Kier molecular flexibility index (Phi) is 5.39. The fraction of sp³-hybridized carbons (Fsp3) is 0.684. The van der Waals surface area contributed by atoms with Crippen LogP contribution in [0.4, 0.5) is 5.69 Å². The first-order chi connectivity index (χ1) is 11.6. The number of piperidine rings is 2. The number of likely N-dealkylation sites (tertiary alicyclic amines) is 1. The number of pyridine rings is 1. The van der Waals surface area contributed by atoms with Gasteiger partial charge in [-0.25, -0.2) is 0 Å². The van der Waals surface area contributed by atoms with E-state index in [0.717, 1.165) is 51.3 Å². The minimum absolute atomic E-state index is 0.246. The van der Waals surface area contributed by atoms with Gasteiger partial charge in [-0.3, -0.25) is 9.78 Å². The number of rotatable bonds is 5. The van der Waals surface area contributed by atoms with E-state index in [2.05, 4.69) is 26.9 Å². The van der Waals surface area contributed by atoms with Crippen molar-refractivity contribution >= 4 is 11.6 Å². The van der Waals surface area contributed by atoms with Crippen molar-refractivity contribution in [1.82, 2.24) is 9.88 Å². The average Bonchev–Trinajstić information content (AvgIpc) is 2.59. The first-order valence-electron chi connectivity index (χ1n) is 9.06. The number of nitrogens with zero attached hydrogens (tertiary/aromatic N) is 3. The maximum Gasteiger partial charge on any atom is 0.222 e. The van der Waals surface area contributed by atoms with E-state index >= 15 is 0 Å². The van der Waals surface area contributed by atoms with E-state index in [4.69, 9.17) is 4.74 Å². The van der Waals surface area contributed by atoms with Gasteiger partial charge in [0.25, 0.3) is 0 Å². The van der Waals surface area contributed by atoms with Gasteiger partial charge < -0.3 is 14.5 Å². The Bertz CT molecular complexity index is 577. The average molecular weight is 331 g/mol. The third-order valence-electron chi connectivity index (χ3n) is 5.43. The summed E-state index contributed by atoms with van der Waals surface area (Å²) in [5, 5.41) is 0. The lowest BCUT2D eigenvalue weighted by Gasteiger charge is -2.49. The van der Waals surface area contributed by atoms with Gasteiger partial charge in [0.15, 0.2) is 0 Å². The summed E-state index contributed by atoms with van der Waals surface area (Å²) in [6.07, 6.45) is 6.95. The molecule has 1 amide bonds. The van der Waals surface area contributed by atoms with Gasteiger partial charge in [-0.15, -0.1) is 0 Å². The van der Waals surface area contributed by atoms with Crippen molar-refractivity contribution in [3.63, 3.8) is 0 Å². The minimum atomic E-state index is 0.246. The molecule has 1 spiro atoms. The van der Waals surface area contributed by atoms with Crippen LogP contribution >= 0.6 is 0 Å². The summed E-state index contributed by atoms with van der Waals surface area (Å²) < 4.78 is 5.14. The molecule has 2 fully saturated rings. The number of anilines is 1. The maximum atomic E-state index is 12.3. The molecule has 3 rings (SSSR count). The van der Waals surface area contributed by atoms with Crippen LogP contribution in [-0.2, 0) is 9.53 Å². The molecule has 0 aromatic carbocycles. The molecule has 1 aromatic heterocycles.